The smallest absolute Gasteiger partial charge is 0.264 e. The summed E-state index contributed by atoms with van der Waals surface area (Å²) in [5.41, 5.74) is 1.80. The molecule has 1 amide bonds. The summed E-state index contributed by atoms with van der Waals surface area (Å²) in [5, 5.41) is 3.01. The second-order valence-electron chi connectivity index (χ2n) is 10.7. The first-order chi connectivity index (χ1) is 13.9. The summed E-state index contributed by atoms with van der Waals surface area (Å²) in [7, 11) is -5.65. The predicted octanol–water partition coefficient (Wildman–Crippen LogP) is 5.46. The molecule has 0 aliphatic heterocycles. The van der Waals surface area contributed by atoms with Gasteiger partial charge in [-0.25, -0.2) is 0 Å². The van der Waals surface area contributed by atoms with Crippen molar-refractivity contribution >= 4 is 30.0 Å². The fourth-order valence-corrected chi connectivity index (χ4v) is 4.56. The van der Waals surface area contributed by atoms with Crippen molar-refractivity contribution in [2.24, 2.45) is 0 Å². The fraction of sp³-hybridized carbons (Fsp3) is 0.696. The minimum absolute atomic E-state index is 0.0168. The van der Waals surface area contributed by atoms with Crippen molar-refractivity contribution in [3.05, 3.63) is 29.8 Å². The van der Waals surface area contributed by atoms with Gasteiger partial charge in [0.2, 0.25) is 5.91 Å². The fourth-order valence-electron chi connectivity index (χ4n) is 2.87. The Morgan fingerprint density at radius 1 is 1.10 bits per heavy atom. The summed E-state index contributed by atoms with van der Waals surface area (Å²) in [6.45, 7) is 17.1. The van der Waals surface area contributed by atoms with Crippen LogP contribution in [-0.2, 0) is 28.9 Å². The molecule has 0 heterocycles. The van der Waals surface area contributed by atoms with Gasteiger partial charge < -0.3 is 9.74 Å². The van der Waals surface area contributed by atoms with Crippen molar-refractivity contribution < 1.29 is 21.8 Å². The summed E-state index contributed by atoms with van der Waals surface area (Å²) in [4.78, 5) is 12.5. The van der Waals surface area contributed by atoms with Gasteiger partial charge in [-0.1, -0.05) is 59.7 Å². The molecular weight excluding hydrogens is 430 g/mol. The van der Waals surface area contributed by atoms with Crippen LogP contribution in [0.5, 0.6) is 0 Å². The molecule has 0 bridgehead atoms. The molecule has 0 aromatic heterocycles. The number of carbonyl (C=O) groups is 1. The molecule has 8 heteroatoms. The van der Waals surface area contributed by atoms with Crippen molar-refractivity contribution in [2.75, 3.05) is 18.2 Å². The summed E-state index contributed by atoms with van der Waals surface area (Å²) < 4.78 is 34.8. The van der Waals surface area contributed by atoms with Gasteiger partial charge in [-0.2, -0.15) is 8.42 Å². The highest BCUT2D eigenvalue weighted by Crippen LogP contribution is 2.36. The molecule has 0 spiro atoms. The zero-order valence-corrected chi connectivity index (χ0v) is 22.5. The van der Waals surface area contributed by atoms with E-state index in [4.69, 9.17) is 8.61 Å². The lowest BCUT2D eigenvalue weighted by Gasteiger charge is -2.37. The number of hydrogen-bond donors (Lipinski definition) is 1. The van der Waals surface area contributed by atoms with Crippen LogP contribution in [0.15, 0.2) is 24.3 Å². The van der Waals surface area contributed by atoms with Gasteiger partial charge in [-0.15, -0.1) is 0 Å². The lowest BCUT2D eigenvalue weighted by molar-refractivity contribution is -0.116. The van der Waals surface area contributed by atoms with E-state index in [-0.39, 0.29) is 29.4 Å². The molecular formula is C23H41NO5SSi. The first-order valence-electron chi connectivity index (χ1n) is 10.8. The summed E-state index contributed by atoms with van der Waals surface area (Å²) in [5.74, 6) is -0.0971. The van der Waals surface area contributed by atoms with Crippen molar-refractivity contribution in [2.45, 2.75) is 90.5 Å². The highest BCUT2D eigenvalue weighted by atomic mass is 32.2. The van der Waals surface area contributed by atoms with Gasteiger partial charge in [-0.3, -0.25) is 8.98 Å². The minimum atomic E-state index is -3.61. The average Bonchev–Trinajstić information content (AvgIpc) is 2.57. The normalized spacial score (nSPS) is 14.4. The Kier molecular flexibility index (Phi) is 9.51. The third kappa shape index (κ3) is 9.85. The quantitative estimate of drug-likeness (QED) is 0.362. The van der Waals surface area contributed by atoms with E-state index in [1.165, 1.54) is 0 Å². The number of para-hydroxylation sites is 1. The number of carbonyl (C=O) groups excluding carboxylic acids is 1. The van der Waals surface area contributed by atoms with Crippen molar-refractivity contribution in [3.63, 3.8) is 0 Å². The average molecular weight is 472 g/mol. The van der Waals surface area contributed by atoms with Crippen LogP contribution in [0.3, 0.4) is 0 Å². The van der Waals surface area contributed by atoms with E-state index in [0.717, 1.165) is 17.5 Å². The van der Waals surface area contributed by atoms with Crippen molar-refractivity contribution in [1.29, 1.82) is 0 Å². The minimum Gasteiger partial charge on any atom is -0.414 e. The highest BCUT2D eigenvalue weighted by Gasteiger charge is 2.38. The van der Waals surface area contributed by atoms with Crippen LogP contribution in [0.2, 0.25) is 18.1 Å². The van der Waals surface area contributed by atoms with E-state index in [1.54, 1.807) is 0 Å². The third-order valence-corrected chi connectivity index (χ3v) is 10.8. The van der Waals surface area contributed by atoms with E-state index >= 15 is 0 Å². The number of anilines is 1. The molecule has 0 aliphatic rings. The molecule has 1 unspecified atom stereocenters. The number of amides is 1. The Hall–Kier alpha value is -1.22. The van der Waals surface area contributed by atoms with Gasteiger partial charge in [0.15, 0.2) is 8.32 Å². The Balaban J connectivity index is 2.70. The maximum Gasteiger partial charge on any atom is 0.264 e. The number of nitrogens with one attached hydrogen (secondary N) is 1. The second-order valence-corrected chi connectivity index (χ2v) is 17.1. The molecule has 1 aromatic carbocycles. The van der Waals surface area contributed by atoms with E-state index < -0.39 is 24.5 Å². The third-order valence-electron chi connectivity index (χ3n) is 5.69. The van der Waals surface area contributed by atoms with Crippen LogP contribution in [0.1, 0.15) is 66.4 Å². The lowest BCUT2D eigenvalue weighted by atomic mass is 9.86. The summed E-state index contributed by atoms with van der Waals surface area (Å²) >= 11 is 0. The topological polar surface area (TPSA) is 81.7 Å². The van der Waals surface area contributed by atoms with Crippen LogP contribution in [0.25, 0.3) is 0 Å². The van der Waals surface area contributed by atoms with E-state index in [9.17, 15) is 13.2 Å². The summed E-state index contributed by atoms with van der Waals surface area (Å²) in [6, 6.07) is 7.79. The molecule has 0 radical (unpaired) electrons. The molecule has 1 aromatic rings. The zero-order valence-electron chi connectivity index (χ0n) is 20.7. The van der Waals surface area contributed by atoms with Crippen molar-refractivity contribution in [3.8, 4) is 0 Å². The van der Waals surface area contributed by atoms with Gasteiger partial charge >= 0.3 is 0 Å². The zero-order chi connectivity index (χ0) is 24.1. The lowest BCUT2D eigenvalue weighted by Crippen LogP contribution is -2.43. The molecule has 31 heavy (non-hydrogen) atoms. The molecule has 1 atom stereocenters. The van der Waals surface area contributed by atoms with Gasteiger partial charge in [0.05, 0.1) is 19.0 Å². The maximum atomic E-state index is 12.5. The Morgan fingerprint density at radius 2 is 1.68 bits per heavy atom. The molecule has 0 saturated carbocycles. The molecule has 0 aliphatic carbocycles. The van der Waals surface area contributed by atoms with Crippen LogP contribution < -0.4 is 5.32 Å². The number of hydrogen-bond acceptors (Lipinski definition) is 5. The molecule has 0 saturated heterocycles. The largest absolute Gasteiger partial charge is 0.414 e. The second kappa shape index (κ2) is 10.6. The first kappa shape index (κ1) is 27.8. The van der Waals surface area contributed by atoms with Crippen LogP contribution >= 0.6 is 0 Å². The van der Waals surface area contributed by atoms with Crippen LogP contribution in [0, 0.1) is 0 Å². The predicted molar refractivity (Wildman–Crippen MR) is 130 cm³/mol. The van der Waals surface area contributed by atoms with Crippen LogP contribution in [0.4, 0.5) is 5.69 Å². The molecule has 1 N–H and O–H groups in total. The van der Waals surface area contributed by atoms with Gasteiger partial charge in [0.1, 0.15) is 0 Å². The highest BCUT2D eigenvalue weighted by molar-refractivity contribution is 7.86. The van der Waals surface area contributed by atoms with Gasteiger partial charge in [0, 0.05) is 12.1 Å². The SMILES string of the molecule is CC(C)(C)c1ccccc1NC(=O)CCCC(CO[Si](C)(C)C(C)(C)C)OS(C)(=O)=O. The van der Waals surface area contributed by atoms with Gasteiger partial charge in [0.25, 0.3) is 10.1 Å². The summed E-state index contributed by atoms with van der Waals surface area (Å²) in [6.07, 6.45) is 1.66. The van der Waals surface area contributed by atoms with Crippen LogP contribution in [-0.4, -0.2) is 41.6 Å². The Bertz CT molecular complexity index is 838. The standard InChI is InChI=1S/C23H41NO5SSi/c1-22(2,3)19-14-10-11-15-20(19)24-21(25)16-12-13-18(29-30(7,26)27)17-28-31(8,9)23(4,5)6/h10-11,14-15,18H,12-13,16-17H2,1-9H3,(H,24,25). The van der Waals surface area contributed by atoms with E-state index in [2.05, 4.69) is 60.0 Å². The molecule has 6 nitrogen and oxygen atoms in total. The molecule has 0 fully saturated rings. The molecule has 178 valence electrons. The first-order valence-corrected chi connectivity index (χ1v) is 15.6. The number of benzene rings is 1. The number of rotatable bonds is 10. The van der Waals surface area contributed by atoms with E-state index in [1.807, 2.05) is 24.3 Å². The Morgan fingerprint density at radius 3 is 2.19 bits per heavy atom. The maximum absolute atomic E-state index is 12.5. The van der Waals surface area contributed by atoms with Crippen molar-refractivity contribution in [1.82, 2.24) is 0 Å². The Labute approximate surface area is 190 Å². The van der Waals surface area contributed by atoms with E-state index in [0.29, 0.717) is 12.8 Å². The monoisotopic (exact) mass is 471 g/mol. The molecule has 1 rings (SSSR count). The van der Waals surface area contributed by atoms with Gasteiger partial charge in [-0.05, 0) is 48.0 Å².